The molecule has 0 unspecified atom stereocenters. The lowest BCUT2D eigenvalue weighted by Crippen LogP contribution is -2.57. The molecule has 29 heavy (non-hydrogen) atoms. The average molecular weight is 404 g/mol. The van der Waals surface area contributed by atoms with Crippen LogP contribution in [0.15, 0.2) is 35.5 Å². The summed E-state index contributed by atoms with van der Waals surface area (Å²) in [6.45, 7) is 5.91. The number of carbonyl (C=O) groups is 2. The van der Waals surface area contributed by atoms with Gasteiger partial charge in [0.15, 0.2) is 5.72 Å². The second-order valence-electron chi connectivity index (χ2n) is 7.41. The zero-order valence-electron chi connectivity index (χ0n) is 17.0. The summed E-state index contributed by atoms with van der Waals surface area (Å²) >= 11 is 0. The third kappa shape index (κ3) is 3.25. The molecule has 0 amide bonds. The van der Waals surface area contributed by atoms with Crippen molar-refractivity contribution in [3.63, 3.8) is 0 Å². The van der Waals surface area contributed by atoms with Crippen LogP contribution in [0.1, 0.15) is 32.3 Å². The van der Waals surface area contributed by atoms with Crippen LogP contribution in [-0.4, -0.2) is 54.4 Å². The van der Waals surface area contributed by atoms with E-state index in [0.29, 0.717) is 17.8 Å². The van der Waals surface area contributed by atoms with Gasteiger partial charge in [-0.1, -0.05) is 12.1 Å². The Morgan fingerprint density at radius 1 is 1.31 bits per heavy atom. The van der Waals surface area contributed by atoms with Crippen LogP contribution in [0.5, 0.6) is 0 Å². The second-order valence-corrected chi connectivity index (χ2v) is 7.41. The SMILES string of the molecule is COC(=O)C1=C(C)N2C[C@@H](C)O[C@]2(C)[C@H](C(=O)OC)[C@H]1c1cccc([N+](=O)[O-])c1. The van der Waals surface area contributed by atoms with Crippen molar-refractivity contribution in [2.45, 2.75) is 38.5 Å². The molecule has 4 atom stereocenters. The Morgan fingerprint density at radius 2 is 2.00 bits per heavy atom. The van der Waals surface area contributed by atoms with Gasteiger partial charge < -0.3 is 19.1 Å². The molecule has 2 heterocycles. The van der Waals surface area contributed by atoms with Crippen molar-refractivity contribution >= 4 is 17.6 Å². The highest BCUT2D eigenvalue weighted by atomic mass is 16.6. The highest BCUT2D eigenvalue weighted by Crippen LogP contribution is 2.52. The molecule has 1 fully saturated rings. The minimum absolute atomic E-state index is 0.138. The van der Waals surface area contributed by atoms with Gasteiger partial charge in [-0.25, -0.2) is 4.79 Å². The van der Waals surface area contributed by atoms with Gasteiger partial charge in [-0.2, -0.15) is 0 Å². The van der Waals surface area contributed by atoms with Crippen molar-refractivity contribution in [1.82, 2.24) is 4.90 Å². The normalized spacial score (nSPS) is 28.7. The molecule has 1 saturated heterocycles. The van der Waals surface area contributed by atoms with E-state index in [0.717, 1.165) is 0 Å². The number of methoxy groups -OCH3 is 2. The molecule has 0 aromatic heterocycles. The van der Waals surface area contributed by atoms with Crippen LogP contribution in [0.4, 0.5) is 5.69 Å². The van der Waals surface area contributed by atoms with Gasteiger partial charge in [-0.15, -0.1) is 0 Å². The maximum atomic E-state index is 12.9. The molecule has 0 saturated carbocycles. The molecule has 1 aromatic carbocycles. The van der Waals surface area contributed by atoms with Crippen molar-refractivity contribution in [1.29, 1.82) is 0 Å². The van der Waals surface area contributed by atoms with Crippen molar-refractivity contribution in [3.05, 3.63) is 51.2 Å². The first-order chi connectivity index (χ1) is 13.7. The standard InChI is InChI=1S/C20H24N2O7/c1-11-10-21-12(2)15(18(23)27-4)16(13-7-6-8-14(9-13)22(25)26)17(19(24)28-5)20(21,3)29-11/h6-9,11,16-17H,10H2,1-5H3/t11-,16+,17+,20-/m1/s1. The monoisotopic (exact) mass is 404 g/mol. The predicted molar refractivity (Wildman–Crippen MR) is 102 cm³/mol. The fourth-order valence-electron chi connectivity index (χ4n) is 4.56. The number of hydrogen-bond donors (Lipinski definition) is 0. The minimum atomic E-state index is -1.08. The summed E-state index contributed by atoms with van der Waals surface area (Å²) in [5.74, 6) is -2.94. The minimum Gasteiger partial charge on any atom is -0.469 e. The Kier molecular flexibility index (Phi) is 5.36. The number of nitrogens with zero attached hydrogens (tertiary/aromatic N) is 2. The number of ether oxygens (including phenoxy) is 3. The van der Waals surface area contributed by atoms with Gasteiger partial charge in [-0.3, -0.25) is 14.9 Å². The summed E-state index contributed by atoms with van der Waals surface area (Å²) in [5.41, 5.74) is 0.0993. The summed E-state index contributed by atoms with van der Waals surface area (Å²) < 4.78 is 16.2. The van der Waals surface area contributed by atoms with Gasteiger partial charge >= 0.3 is 11.9 Å². The van der Waals surface area contributed by atoms with Crippen molar-refractivity contribution < 1.29 is 28.7 Å². The van der Waals surface area contributed by atoms with Crippen LogP contribution in [0.25, 0.3) is 0 Å². The third-order valence-electron chi connectivity index (χ3n) is 5.73. The molecule has 3 rings (SSSR count). The molecular weight excluding hydrogens is 380 g/mol. The Labute approximate surface area is 168 Å². The Hall–Kier alpha value is -2.94. The maximum Gasteiger partial charge on any atom is 0.336 e. The number of esters is 2. The summed E-state index contributed by atoms with van der Waals surface area (Å²) in [7, 11) is 2.53. The summed E-state index contributed by atoms with van der Waals surface area (Å²) in [4.78, 5) is 38.4. The van der Waals surface area contributed by atoms with E-state index >= 15 is 0 Å². The van der Waals surface area contributed by atoms with Gasteiger partial charge in [0.1, 0.15) is 5.92 Å². The number of nitro benzene ring substituents is 1. The number of benzene rings is 1. The summed E-state index contributed by atoms with van der Waals surface area (Å²) in [6, 6.07) is 5.91. The fourth-order valence-corrected chi connectivity index (χ4v) is 4.56. The van der Waals surface area contributed by atoms with E-state index in [1.807, 2.05) is 11.8 Å². The zero-order chi connectivity index (χ0) is 21.5. The lowest BCUT2D eigenvalue weighted by molar-refractivity contribution is -0.384. The topological polar surface area (TPSA) is 108 Å². The first kappa shape index (κ1) is 20.8. The zero-order valence-corrected chi connectivity index (χ0v) is 17.0. The molecular formula is C20H24N2O7. The van der Waals surface area contributed by atoms with Gasteiger partial charge in [0.2, 0.25) is 0 Å². The number of carbonyl (C=O) groups excluding carboxylic acids is 2. The number of rotatable bonds is 4. The van der Waals surface area contributed by atoms with Crippen LogP contribution in [0.2, 0.25) is 0 Å². The Balaban J connectivity index is 2.30. The number of non-ortho nitro benzene ring substituents is 1. The van der Waals surface area contributed by atoms with E-state index in [9.17, 15) is 19.7 Å². The highest BCUT2D eigenvalue weighted by Gasteiger charge is 2.59. The molecule has 156 valence electrons. The van der Waals surface area contributed by atoms with Crippen molar-refractivity contribution in [3.8, 4) is 0 Å². The van der Waals surface area contributed by atoms with Gasteiger partial charge in [-0.05, 0) is 26.3 Å². The number of hydrogen-bond acceptors (Lipinski definition) is 8. The molecule has 2 aliphatic rings. The van der Waals surface area contributed by atoms with Gasteiger partial charge in [0.25, 0.3) is 5.69 Å². The lowest BCUT2D eigenvalue weighted by atomic mass is 9.71. The number of fused-ring (bicyclic) bond motifs is 1. The summed E-state index contributed by atoms with van der Waals surface area (Å²) in [6.07, 6.45) is -0.190. The second kappa shape index (κ2) is 7.47. The average Bonchev–Trinajstić information content (AvgIpc) is 3.01. The molecule has 9 heteroatoms. The Bertz CT molecular complexity index is 897. The summed E-state index contributed by atoms with van der Waals surface area (Å²) in [5, 5.41) is 11.3. The maximum absolute atomic E-state index is 12.9. The molecule has 0 radical (unpaired) electrons. The Morgan fingerprint density at radius 3 is 2.59 bits per heavy atom. The first-order valence-electron chi connectivity index (χ1n) is 9.22. The fraction of sp³-hybridized carbons (Fsp3) is 0.500. The van der Waals surface area contributed by atoms with E-state index in [-0.39, 0.29) is 17.4 Å². The first-order valence-corrected chi connectivity index (χ1v) is 9.22. The van der Waals surface area contributed by atoms with Gasteiger partial charge in [0.05, 0.1) is 30.8 Å². The third-order valence-corrected chi connectivity index (χ3v) is 5.73. The molecule has 0 bridgehead atoms. The quantitative estimate of drug-likeness (QED) is 0.427. The van der Waals surface area contributed by atoms with E-state index in [1.165, 1.54) is 32.4 Å². The molecule has 0 aliphatic carbocycles. The van der Waals surface area contributed by atoms with Crippen LogP contribution in [0.3, 0.4) is 0 Å². The van der Waals surface area contributed by atoms with Crippen LogP contribution in [0, 0.1) is 16.0 Å². The predicted octanol–water partition coefficient (Wildman–Crippen LogP) is 2.37. The number of nitro groups is 1. The lowest BCUT2D eigenvalue weighted by Gasteiger charge is -2.48. The van der Waals surface area contributed by atoms with Crippen LogP contribution in [-0.2, 0) is 23.8 Å². The molecule has 1 aromatic rings. The molecule has 2 aliphatic heterocycles. The largest absolute Gasteiger partial charge is 0.469 e. The van der Waals surface area contributed by atoms with Crippen LogP contribution >= 0.6 is 0 Å². The van der Waals surface area contributed by atoms with Gasteiger partial charge in [0, 0.05) is 30.3 Å². The highest BCUT2D eigenvalue weighted by molar-refractivity contribution is 5.93. The molecule has 0 spiro atoms. The smallest absolute Gasteiger partial charge is 0.336 e. The number of allylic oxidation sites excluding steroid dienone is 1. The van der Waals surface area contributed by atoms with Crippen molar-refractivity contribution in [2.24, 2.45) is 5.92 Å². The van der Waals surface area contributed by atoms with E-state index in [2.05, 4.69) is 0 Å². The van der Waals surface area contributed by atoms with E-state index < -0.39 is 34.4 Å². The van der Waals surface area contributed by atoms with Crippen molar-refractivity contribution in [2.75, 3.05) is 20.8 Å². The molecule has 0 N–H and O–H groups in total. The van der Waals surface area contributed by atoms with E-state index in [4.69, 9.17) is 14.2 Å². The molecule has 9 nitrogen and oxygen atoms in total. The van der Waals surface area contributed by atoms with Crippen LogP contribution < -0.4 is 0 Å². The van der Waals surface area contributed by atoms with E-state index in [1.54, 1.807) is 19.9 Å².